The molecule has 2 heterocycles. The maximum absolute atomic E-state index is 11.4. The Kier molecular flexibility index (Phi) is 2.92. The van der Waals surface area contributed by atoms with Gasteiger partial charge in [-0.3, -0.25) is 14.3 Å². The van der Waals surface area contributed by atoms with Gasteiger partial charge in [-0.25, -0.2) is 9.59 Å². The van der Waals surface area contributed by atoms with Gasteiger partial charge < -0.3 is 5.11 Å². The van der Waals surface area contributed by atoms with E-state index in [1.807, 2.05) is 0 Å². The number of hydrogen-bond acceptors (Lipinski definition) is 4. The minimum Gasteiger partial charge on any atom is -0.477 e. The van der Waals surface area contributed by atoms with Gasteiger partial charge in [0.1, 0.15) is 4.88 Å². The highest BCUT2D eigenvalue weighted by molar-refractivity contribution is 7.13. The minimum absolute atomic E-state index is 0.220. The molecule has 7 heteroatoms. The molecule has 2 N–H and O–H groups in total. The van der Waals surface area contributed by atoms with Crippen molar-refractivity contribution in [2.24, 2.45) is 0 Å². The van der Waals surface area contributed by atoms with Gasteiger partial charge in [0.05, 0.1) is 6.54 Å². The molecule has 0 amide bonds. The molecule has 6 nitrogen and oxygen atoms in total. The predicted octanol–water partition coefficient (Wildman–Crippen LogP) is 0.345. The molecule has 88 valence electrons. The van der Waals surface area contributed by atoms with E-state index in [-0.39, 0.29) is 11.4 Å². The molecular formula is C10H8N2O4S. The minimum atomic E-state index is -0.991. The van der Waals surface area contributed by atoms with E-state index in [1.165, 1.54) is 22.9 Å². The summed E-state index contributed by atoms with van der Waals surface area (Å²) in [5, 5.41) is 8.75. The summed E-state index contributed by atoms with van der Waals surface area (Å²) in [7, 11) is 0. The molecule has 2 aromatic heterocycles. The molecule has 0 fully saturated rings. The largest absolute Gasteiger partial charge is 0.477 e. The second kappa shape index (κ2) is 4.38. The maximum atomic E-state index is 11.4. The summed E-state index contributed by atoms with van der Waals surface area (Å²) in [5.74, 6) is -0.991. The number of thiophene rings is 1. The normalized spacial score (nSPS) is 10.4. The van der Waals surface area contributed by atoms with Crippen molar-refractivity contribution >= 4 is 17.3 Å². The Bertz CT molecular complexity index is 667. The molecule has 0 bridgehead atoms. The van der Waals surface area contributed by atoms with Gasteiger partial charge in [0.15, 0.2) is 0 Å². The van der Waals surface area contributed by atoms with Gasteiger partial charge in [0.25, 0.3) is 5.56 Å². The number of aromatic nitrogens is 2. The lowest BCUT2D eigenvalue weighted by molar-refractivity contribution is 0.0702. The van der Waals surface area contributed by atoms with Crippen LogP contribution in [0.2, 0.25) is 0 Å². The van der Waals surface area contributed by atoms with Crippen LogP contribution in [-0.4, -0.2) is 20.6 Å². The SMILES string of the molecule is O=C(O)c1ccc(Cn2ccc(=O)[nH]c2=O)s1. The molecule has 0 saturated heterocycles. The van der Waals surface area contributed by atoms with Crippen LogP contribution in [-0.2, 0) is 6.54 Å². The van der Waals surface area contributed by atoms with Crippen molar-refractivity contribution in [1.29, 1.82) is 0 Å². The molecule has 2 rings (SSSR count). The third-order valence-electron chi connectivity index (χ3n) is 2.10. The van der Waals surface area contributed by atoms with Crippen LogP contribution in [0.25, 0.3) is 0 Å². The number of carboxylic acids is 1. The zero-order valence-corrected chi connectivity index (χ0v) is 9.36. The lowest BCUT2D eigenvalue weighted by Gasteiger charge is -2.00. The van der Waals surface area contributed by atoms with Crippen LogP contribution >= 0.6 is 11.3 Å². The predicted molar refractivity (Wildman–Crippen MR) is 61.7 cm³/mol. The van der Waals surface area contributed by atoms with Crippen molar-refractivity contribution in [3.05, 3.63) is 55.0 Å². The number of nitrogens with one attached hydrogen (secondary N) is 1. The molecule has 0 radical (unpaired) electrons. The fourth-order valence-electron chi connectivity index (χ4n) is 1.31. The molecule has 0 aliphatic rings. The number of rotatable bonds is 3. The van der Waals surface area contributed by atoms with E-state index >= 15 is 0 Å². The topological polar surface area (TPSA) is 92.2 Å². The summed E-state index contributed by atoms with van der Waals surface area (Å²) < 4.78 is 1.30. The average Bonchev–Trinajstić information content (AvgIpc) is 2.71. The van der Waals surface area contributed by atoms with Gasteiger partial charge in [0, 0.05) is 17.1 Å². The highest BCUT2D eigenvalue weighted by Crippen LogP contribution is 2.16. The van der Waals surface area contributed by atoms with Gasteiger partial charge >= 0.3 is 11.7 Å². The van der Waals surface area contributed by atoms with E-state index in [0.29, 0.717) is 0 Å². The first-order valence-corrected chi connectivity index (χ1v) is 5.50. The smallest absolute Gasteiger partial charge is 0.345 e. The van der Waals surface area contributed by atoms with Crippen molar-refractivity contribution in [2.45, 2.75) is 6.54 Å². The van der Waals surface area contributed by atoms with Crippen molar-refractivity contribution in [1.82, 2.24) is 9.55 Å². The molecule has 0 atom stereocenters. The van der Waals surface area contributed by atoms with Crippen LogP contribution in [0.1, 0.15) is 14.5 Å². The molecule has 0 aromatic carbocycles. The van der Waals surface area contributed by atoms with E-state index in [9.17, 15) is 14.4 Å². The molecular weight excluding hydrogens is 244 g/mol. The Morgan fingerprint density at radius 2 is 2.12 bits per heavy atom. The number of carbonyl (C=O) groups is 1. The molecule has 0 unspecified atom stereocenters. The Morgan fingerprint density at radius 3 is 2.71 bits per heavy atom. The quantitative estimate of drug-likeness (QED) is 0.824. The second-order valence-corrected chi connectivity index (χ2v) is 4.48. The fraction of sp³-hybridized carbons (Fsp3) is 0.100. The number of aromatic amines is 1. The van der Waals surface area contributed by atoms with E-state index in [1.54, 1.807) is 6.07 Å². The fourth-order valence-corrected chi connectivity index (χ4v) is 2.16. The second-order valence-electron chi connectivity index (χ2n) is 3.31. The Balaban J connectivity index is 2.28. The summed E-state index contributed by atoms with van der Waals surface area (Å²) in [6, 6.07) is 4.37. The summed E-state index contributed by atoms with van der Waals surface area (Å²) in [4.78, 5) is 36.0. The van der Waals surface area contributed by atoms with E-state index in [2.05, 4.69) is 4.98 Å². The summed E-state index contributed by atoms with van der Waals surface area (Å²) in [6.07, 6.45) is 1.38. The van der Waals surface area contributed by atoms with Crippen molar-refractivity contribution in [3.63, 3.8) is 0 Å². The zero-order chi connectivity index (χ0) is 12.4. The van der Waals surface area contributed by atoms with Gasteiger partial charge in [-0.1, -0.05) is 0 Å². The van der Waals surface area contributed by atoms with Crippen molar-refractivity contribution in [3.8, 4) is 0 Å². The Hall–Kier alpha value is -2.15. The van der Waals surface area contributed by atoms with Gasteiger partial charge in [-0.15, -0.1) is 11.3 Å². The third-order valence-corrected chi connectivity index (χ3v) is 3.15. The van der Waals surface area contributed by atoms with E-state index < -0.39 is 17.2 Å². The Labute approximate surface area is 98.8 Å². The Morgan fingerprint density at radius 1 is 1.35 bits per heavy atom. The lowest BCUT2D eigenvalue weighted by atomic mass is 10.4. The standard InChI is InChI=1S/C10H8N2O4S/c13-8-3-4-12(10(16)11-8)5-6-1-2-7(17-6)9(14)15/h1-4H,5H2,(H,14,15)(H,11,13,16). The number of carboxylic acid groups (broad SMARTS) is 1. The average molecular weight is 252 g/mol. The van der Waals surface area contributed by atoms with Gasteiger partial charge in [-0.05, 0) is 12.1 Å². The highest BCUT2D eigenvalue weighted by Gasteiger charge is 2.07. The molecule has 2 aromatic rings. The van der Waals surface area contributed by atoms with Crippen LogP contribution in [0.3, 0.4) is 0 Å². The zero-order valence-electron chi connectivity index (χ0n) is 8.54. The molecule has 0 spiro atoms. The first-order chi connectivity index (χ1) is 8.06. The van der Waals surface area contributed by atoms with Gasteiger partial charge in [-0.2, -0.15) is 0 Å². The summed E-state index contributed by atoms with van der Waals surface area (Å²) >= 11 is 1.10. The van der Waals surface area contributed by atoms with Gasteiger partial charge in [0.2, 0.25) is 0 Å². The molecule has 0 aliphatic carbocycles. The van der Waals surface area contributed by atoms with Crippen molar-refractivity contribution in [2.75, 3.05) is 0 Å². The monoisotopic (exact) mass is 252 g/mol. The molecule has 17 heavy (non-hydrogen) atoms. The molecule has 0 aliphatic heterocycles. The third kappa shape index (κ3) is 2.51. The number of nitrogens with zero attached hydrogens (tertiary/aromatic N) is 1. The number of hydrogen-bond donors (Lipinski definition) is 2. The van der Waals surface area contributed by atoms with Crippen LogP contribution in [0.5, 0.6) is 0 Å². The summed E-state index contributed by atoms with van der Waals surface area (Å²) in [5.41, 5.74) is -0.966. The first-order valence-electron chi connectivity index (χ1n) is 4.68. The van der Waals surface area contributed by atoms with Crippen LogP contribution in [0, 0.1) is 0 Å². The number of H-pyrrole nitrogens is 1. The highest BCUT2D eigenvalue weighted by atomic mass is 32.1. The lowest BCUT2D eigenvalue weighted by Crippen LogP contribution is -2.28. The van der Waals surface area contributed by atoms with Crippen molar-refractivity contribution < 1.29 is 9.90 Å². The van der Waals surface area contributed by atoms with E-state index in [0.717, 1.165) is 16.2 Å². The van der Waals surface area contributed by atoms with Crippen LogP contribution in [0.15, 0.2) is 34.0 Å². The first kappa shape index (κ1) is 11.3. The summed E-state index contributed by atoms with van der Waals surface area (Å²) in [6.45, 7) is 0.244. The van der Waals surface area contributed by atoms with E-state index in [4.69, 9.17) is 5.11 Å². The van der Waals surface area contributed by atoms with Crippen LogP contribution in [0.4, 0.5) is 0 Å². The number of aromatic carboxylic acids is 1. The maximum Gasteiger partial charge on any atom is 0.345 e. The molecule has 0 saturated carbocycles. The van der Waals surface area contributed by atoms with Crippen LogP contribution < -0.4 is 11.2 Å².